The van der Waals surface area contributed by atoms with Gasteiger partial charge < -0.3 is 10.2 Å². The van der Waals surface area contributed by atoms with E-state index in [0.29, 0.717) is 0 Å². The fourth-order valence-corrected chi connectivity index (χ4v) is 2.68. The Morgan fingerprint density at radius 2 is 1.65 bits per heavy atom. The van der Waals surface area contributed by atoms with Gasteiger partial charge in [0.1, 0.15) is 6.17 Å². The lowest BCUT2D eigenvalue weighted by Crippen LogP contribution is -2.46. The highest BCUT2D eigenvalue weighted by molar-refractivity contribution is 6.01. The zero-order valence-electron chi connectivity index (χ0n) is 11.7. The molecule has 20 heavy (non-hydrogen) atoms. The van der Waals surface area contributed by atoms with Crippen LogP contribution in [0.3, 0.4) is 0 Å². The van der Waals surface area contributed by atoms with Crippen molar-refractivity contribution in [2.75, 3.05) is 5.32 Å². The number of hydrogen-bond acceptors (Lipinski definition) is 2. The molecule has 0 radical (unpaired) electrons. The molecule has 1 heterocycles. The van der Waals surface area contributed by atoms with Gasteiger partial charge in [-0.05, 0) is 31.5 Å². The molecule has 3 nitrogen and oxygen atoms in total. The molecule has 0 saturated carbocycles. The number of fused-ring (bicyclic) bond motifs is 1. The molecule has 0 aromatic heterocycles. The van der Waals surface area contributed by atoms with Gasteiger partial charge in [-0.25, -0.2) is 0 Å². The Morgan fingerprint density at radius 1 is 1.00 bits per heavy atom. The molecule has 0 fully saturated rings. The molecular weight excluding hydrogens is 248 g/mol. The van der Waals surface area contributed by atoms with E-state index in [0.717, 1.165) is 16.8 Å². The van der Waals surface area contributed by atoms with Crippen molar-refractivity contribution in [3.05, 3.63) is 65.7 Å². The Hall–Kier alpha value is -2.29. The lowest BCUT2D eigenvalue weighted by atomic mass is 10.0. The topological polar surface area (TPSA) is 32.3 Å². The van der Waals surface area contributed by atoms with Crippen LogP contribution in [0.1, 0.15) is 35.9 Å². The molecule has 1 aliphatic heterocycles. The van der Waals surface area contributed by atoms with Crippen LogP contribution in [0.2, 0.25) is 0 Å². The maximum absolute atomic E-state index is 12.7. The standard InChI is InChI=1S/C17H18N2O/c1-12(2)19-16(13-8-4-3-5-9-13)18-15-11-7-6-10-14(15)17(19)20/h3-12,16,18H,1-2H3. The van der Waals surface area contributed by atoms with Crippen LogP contribution < -0.4 is 5.32 Å². The van der Waals surface area contributed by atoms with Gasteiger partial charge in [0, 0.05) is 11.7 Å². The first-order chi connectivity index (χ1) is 9.68. The fourth-order valence-electron chi connectivity index (χ4n) is 2.68. The number of para-hydroxylation sites is 1. The molecule has 0 saturated heterocycles. The third-order valence-corrected chi connectivity index (χ3v) is 3.63. The summed E-state index contributed by atoms with van der Waals surface area (Å²) in [6.07, 6.45) is -0.112. The third kappa shape index (κ3) is 2.05. The van der Waals surface area contributed by atoms with Crippen LogP contribution >= 0.6 is 0 Å². The number of anilines is 1. The van der Waals surface area contributed by atoms with E-state index in [-0.39, 0.29) is 18.1 Å². The number of amides is 1. The summed E-state index contributed by atoms with van der Waals surface area (Å²) >= 11 is 0. The first-order valence-corrected chi connectivity index (χ1v) is 6.91. The average Bonchev–Trinajstić information content (AvgIpc) is 2.47. The minimum Gasteiger partial charge on any atom is -0.361 e. The molecular formula is C17H18N2O. The Bertz CT molecular complexity index is 622. The maximum atomic E-state index is 12.7. The van der Waals surface area contributed by atoms with E-state index in [2.05, 4.69) is 5.32 Å². The Balaban J connectivity index is 2.08. The van der Waals surface area contributed by atoms with Crippen LogP contribution in [-0.4, -0.2) is 16.8 Å². The summed E-state index contributed by atoms with van der Waals surface area (Å²) in [5, 5.41) is 3.48. The predicted octanol–water partition coefficient (Wildman–Crippen LogP) is 3.66. The highest BCUT2D eigenvalue weighted by Gasteiger charge is 2.34. The van der Waals surface area contributed by atoms with Crippen LogP contribution in [-0.2, 0) is 0 Å². The van der Waals surface area contributed by atoms with Crippen LogP contribution in [0.25, 0.3) is 0 Å². The molecule has 1 N–H and O–H groups in total. The second-order valence-corrected chi connectivity index (χ2v) is 5.31. The van der Waals surface area contributed by atoms with Crippen molar-refractivity contribution >= 4 is 11.6 Å². The summed E-state index contributed by atoms with van der Waals surface area (Å²) in [5.41, 5.74) is 2.75. The Labute approximate surface area is 119 Å². The summed E-state index contributed by atoms with van der Waals surface area (Å²) in [7, 11) is 0. The maximum Gasteiger partial charge on any atom is 0.258 e. The van der Waals surface area contributed by atoms with Crippen molar-refractivity contribution in [1.82, 2.24) is 4.90 Å². The highest BCUT2D eigenvalue weighted by Crippen LogP contribution is 2.34. The number of nitrogens with zero attached hydrogens (tertiary/aromatic N) is 1. The van der Waals surface area contributed by atoms with Crippen LogP contribution in [0, 0.1) is 0 Å². The number of carbonyl (C=O) groups is 1. The molecule has 0 spiro atoms. The second kappa shape index (κ2) is 5.00. The van der Waals surface area contributed by atoms with Gasteiger partial charge in [0.25, 0.3) is 5.91 Å². The molecule has 1 aliphatic rings. The Morgan fingerprint density at radius 3 is 2.35 bits per heavy atom. The summed E-state index contributed by atoms with van der Waals surface area (Å²) in [6.45, 7) is 4.09. The van der Waals surface area contributed by atoms with Crippen molar-refractivity contribution < 1.29 is 4.79 Å². The fraction of sp³-hybridized carbons (Fsp3) is 0.235. The zero-order chi connectivity index (χ0) is 14.1. The van der Waals surface area contributed by atoms with Crippen molar-refractivity contribution in [3.8, 4) is 0 Å². The first-order valence-electron chi connectivity index (χ1n) is 6.91. The van der Waals surface area contributed by atoms with Gasteiger partial charge in [0.05, 0.1) is 5.56 Å². The van der Waals surface area contributed by atoms with Gasteiger partial charge in [0.15, 0.2) is 0 Å². The number of nitrogens with one attached hydrogen (secondary N) is 1. The molecule has 0 aliphatic carbocycles. The van der Waals surface area contributed by atoms with Crippen molar-refractivity contribution in [3.63, 3.8) is 0 Å². The van der Waals surface area contributed by atoms with E-state index < -0.39 is 0 Å². The largest absolute Gasteiger partial charge is 0.361 e. The zero-order valence-corrected chi connectivity index (χ0v) is 11.7. The van der Waals surface area contributed by atoms with Crippen molar-refractivity contribution in [1.29, 1.82) is 0 Å². The predicted molar refractivity (Wildman–Crippen MR) is 80.6 cm³/mol. The van der Waals surface area contributed by atoms with Gasteiger partial charge in [-0.2, -0.15) is 0 Å². The number of hydrogen-bond donors (Lipinski definition) is 1. The smallest absolute Gasteiger partial charge is 0.258 e. The quantitative estimate of drug-likeness (QED) is 0.899. The van der Waals surface area contributed by atoms with Gasteiger partial charge in [0.2, 0.25) is 0 Å². The van der Waals surface area contributed by atoms with E-state index in [1.807, 2.05) is 73.3 Å². The number of benzene rings is 2. The molecule has 0 bridgehead atoms. The summed E-state index contributed by atoms with van der Waals surface area (Å²) in [5.74, 6) is 0.0863. The molecule has 1 amide bonds. The SMILES string of the molecule is CC(C)N1C(=O)c2ccccc2NC1c1ccccc1. The van der Waals surface area contributed by atoms with Crippen molar-refractivity contribution in [2.45, 2.75) is 26.1 Å². The van der Waals surface area contributed by atoms with Gasteiger partial charge in [-0.3, -0.25) is 4.79 Å². The van der Waals surface area contributed by atoms with E-state index in [4.69, 9.17) is 0 Å². The lowest BCUT2D eigenvalue weighted by molar-refractivity contribution is 0.0617. The minimum absolute atomic E-state index is 0.0863. The molecule has 102 valence electrons. The van der Waals surface area contributed by atoms with Crippen LogP contribution in [0.15, 0.2) is 54.6 Å². The molecule has 2 aromatic carbocycles. The molecule has 3 heteroatoms. The molecule has 1 unspecified atom stereocenters. The molecule has 2 aromatic rings. The molecule has 3 rings (SSSR count). The van der Waals surface area contributed by atoms with E-state index >= 15 is 0 Å². The molecule has 1 atom stereocenters. The summed E-state index contributed by atoms with van der Waals surface area (Å²) < 4.78 is 0. The van der Waals surface area contributed by atoms with E-state index in [1.54, 1.807) is 0 Å². The minimum atomic E-state index is -0.112. The first kappa shape index (κ1) is 12.7. The number of rotatable bonds is 2. The lowest BCUT2D eigenvalue weighted by Gasteiger charge is -2.40. The van der Waals surface area contributed by atoms with E-state index in [9.17, 15) is 4.79 Å². The van der Waals surface area contributed by atoms with Gasteiger partial charge in [-0.1, -0.05) is 42.5 Å². The highest BCUT2D eigenvalue weighted by atomic mass is 16.2. The second-order valence-electron chi connectivity index (χ2n) is 5.31. The summed E-state index contributed by atoms with van der Waals surface area (Å²) in [6, 6.07) is 17.9. The number of carbonyl (C=O) groups excluding carboxylic acids is 1. The summed E-state index contributed by atoms with van der Waals surface area (Å²) in [4.78, 5) is 14.6. The van der Waals surface area contributed by atoms with Crippen LogP contribution in [0.5, 0.6) is 0 Å². The van der Waals surface area contributed by atoms with Crippen LogP contribution in [0.4, 0.5) is 5.69 Å². The third-order valence-electron chi connectivity index (χ3n) is 3.63. The van der Waals surface area contributed by atoms with Crippen molar-refractivity contribution in [2.24, 2.45) is 0 Å². The van der Waals surface area contributed by atoms with Gasteiger partial charge >= 0.3 is 0 Å². The van der Waals surface area contributed by atoms with Gasteiger partial charge in [-0.15, -0.1) is 0 Å². The normalized spacial score (nSPS) is 17.9. The Kier molecular flexibility index (Phi) is 3.18. The average molecular weight is 266 g/mol. The monoisotopic (exact) mass is 266 g/mol. The van der Waals surface area contributed by atoms with E-state index in [1.165, 1.54) is 0 Å².